The van der Waals surface area contributed by atoms with Gasteiger partial charge in [0.05, 0.1) is 11.1 Å². The van der Waals surface area contributed by atoms with E-state index in [0.29, 0.717) is 5.56 Å². The number of aromatic nitrogens is 2. The van der Waals surface area contributed by atoms with Crippen molar-refractivity contribution in [1.82, 2.24) is 9.97 Å². The molecule has 2 heterocycles. The maximum atomic E-state index is 11.9. The fourth-order valence-corrected chi connectivity index (χ4v) is 2.08. The smallest absolute Gasteiger partial charge is 0.296 e. The zero-order chi connectivity index (χ0) is 14.8. The van der Waals surface area contributed by atoms with Gasteiger partial charge < -0.3 is 10.1 Å². The Bertz CT molecular complexity index is 838. The molecule has 104 valence electrons. The molecule has 0 saturated carbocycles. The van der Waals surface area contributed by atoms with Crippen LogP contribution in [0.15, 0.2) is 53.0 Å². The van der Waals surface area contributed by atoms with Gasteiger partial charge in [0.25, 0.3) is 5.91 Å². The Morgan fingerprint density at radius 2 is 2.14 bits per heavy atom. The number of nitrogens with zero attached hydrogens (tertiary/aromatic N) is 3. The van der Waals surface area contributed by atoms with E-state index < -0.39 is 5.91 Å². The molecule has 0 spiro atoms. The lowest BCUT2D eigenvalue weighted by Gasteiger charge is -1.94. The molecule has 0 saturated heterocycles. The van der Waals surface area contributed by atoms with Crippen molar-refractivity contribution in [3.63, 3.8) is 0 Å². The molecular formula is C15H12N4O2. The van der Waals surface area contributed by atoms with Gasteiger partial charge in [-0.25, -0.2) is 0 Å². The van der Waals surface area contributed by atoms with Crippen LogP contribution in [0.5, 0.6) is 5.88 Å². The first-order valence-corrected chi connectivity index (χ1v) is 6.33. The number of aromatic amines is 1. The van der Waals surface area contributed by atoms with E-state index in [-0.39, 0.29) is 11.6 Å². The Labute approximate surface area is 120 Å². The number of carbonyl (C=O) groups is 1. The Balaban J connectivity index is 1.99. The maximum absolute atomic E-state index is 11.9. The first-order valence-electron chi connectivity index (χ1n) is 6.33. The third-order valence-corrected chi connectivity index (χ3v) is 3.14. The van der Waals surface area contributed by atoms with Gasteiger partial charge in [0.1, 0.15) is 0 Å². The predicted octanol–water partition coefficient (Wildman–Crippen LogP) is 3.50. The number of hydrogen-bond donors (Lipinski definition) is 2. The van der Waals surface area contributed by atoms with Crippen LogP contribution in [0.2, 0.25) is 0 Å². The van der Waals surface area contributed by atoms with Crippen LogP contribution in [-0.4, -0.2) is 21.0 Å². The van der Waals surface area contributed by atoms with Gasteiger partial charge in [-0.15, -0.1) is 10.2 Å². The average molecular weight is 280 g/mol. The van der Waals surface area contributed by atoms with Crippen LogP contribution in [0.1, 0.15) is 15.9 Å². The number of aryl methyl sites for hydroxylation is 1. The van der Waals surface area contributed by atoms with Gasteiger partial charge in [-0.1, -0.05) is 18.2 Å². The number of fused-ring (bicyclic) bond motifs is 1. The molecule has 3 aromatic rings. The number of hydrogen-bond acceptors (Lipinski definition) is 4. The van der Waals surface area contributed by atoms with Crippen molar-refractivity contribution in [2.75, 3.05) is 0 Å². The fourth-order valence-electron chi connectivity index (χ4n) is 2.08. The van der Waals surface area contributed by atoms with Crippen molar-refractivity contribution < 1.29 is 9.90 Å². The SMILES string of the molecule is Cc1cccc2c(N=NC(=O)c3cccnc3)c(O)[nH]c12. The number of H-pyrrole nitrogens is 1. The monoisotopic (exact) mass is 280 g/mol. The molecule has 6 heteroatoms. The molecule has 0 unspecified atom stereocenters. The molecule has 3 rings (SSSR count). The van der Waals surface area contributed by atoms with Crippen LogP contribution < -0.4 is 0 Å². The minimum absolute atomic E-state index is 0.109. The van der Waals surface area contributed by atoms with E-state index in [1.165, 1.54) is 6.20 Å². The summed E-state index contributed by atoms with van der Waals surface area (Å²) < 4.78 is 0. The van der Waals surface area contributed by atoms with E-state index in [1.807, 2.05) is 19.1 Å². The molecule has 0 aliphatic carbocycles. The number of rotatable bonds is 2. The van der Waals surface area contributed by atoms with E-state index >= 15 is 0 Å². The zero-order valence-corrected chi connectivity index (χ0v) is 11.2. The fraction of sp³-hybridized carbons (Fsp3) is 0.0667. The lowest BCUT2D eigenvalue weighted by atomic mass is 10.1. The first-order chi connectivity index (χ1) is 10.2. The summed E-state index contributed by atoms with van der Waals surface area (Å²) in [5.74, 6) is -0.619. The van der Waals surface area contributed by atoms with Crippen LogP contribution in [-0.2, 0) is 0 Å². The molecule has 0 radical (unpaired) electrons. The Kier molecular flexibility index (Phi) is 3.19. The molecule has 0 aliphatic rings. The molecular weight excluding hydrogens is 268 g/mol. The standard InChI is InChI=1S/C15H12N4O2/c1-9-4-2-6-11-12(9)17-15(21)13(11)18-19-14(20)10-5-3-7-16-8-10/h2-8,17,21H,1H3. The van der Waals surface area contributed by atoms with E-state index in [9.17, 15) is 9.90 Å². The number of para-hydroxylation sites is 1. The van der Waals surface area contributed by atoms with E-state index in [4.69, 9.17) is 0 Å². The van der Waals surface area contributed by atoms with Gasteiger partial charge in [-0.05, 0) is 24.6 Å². The summed E-state index contributed by atoms with van der Waals surface area (Å²) in [6.07, 6.45) is 2.99. The van der Waals surface area contributed by atoms with Crippen molar-refractivity contribution in [2.45, 2.75) is 6.92 Å². The molecule has 0 bridgehead atoms. The normalized spacial score (nSPS) is 11.3. The number of nitrogens with one attached hydrogen (secondary N) is 1. The average Bonchev–Trinajstić information content (AvgIpc) is 2.83. The second-order valence-electron chi connectivity index (χ2n) is 4.57. The number of pyridine rings is 1. The molecule has 1 amide bonds. The van der Waals surface area contributed by atoms with Crippen LogP contribution >= 0.6 is 0 Å². The van der Waals surface area contributed by atoms with E-state index in [2.05, 4.69) is 20.2 Å². The Hall–Kier alpha value is -3.02. The lowest BCUT2D eigenvalue weighted by molar-refractivity contribution is 0.0994. The quantitative estimate of drug-likeness (QED) is 0.704. The number of azo groups is 1. The van der Waals surface area contributed by atoms with Crippen LogP contribution in [0.3, 0.4) is 0 Å². The number of benzene rings is 1. The summed E-state index contributed by atoms with van der Waals surface area (Å²) in [6.45, 7) is 1.92. The van der Waals surface area contributed by atoms with Crippen molar-refractivity contribution in [3.8, 4) is 5.88 Å². The van der Waals surface area contributed by atoms with Gasteiger partial charge in [-0.2, -0.15) is 0 Å². The Morgan fingerprint density at radius 1 is 1.29 bits per heavy atom. The molecule has 6 nitrogen and oxygen atoms in total. The minimum atomic E-state index is -0.510. The van der Waals surface area contributed by atoms with Gasteiger partial charge in [0.2, 0.25) is 5.88 Å². The summed E-state index contributed by atoms with van der Waals surface area (Å²) in [5.41, 5.74) is 2.35. The third kappa shape index (κ3) is 2.38. The first kappa shape index (κ1) is 13.0. The van der Waals surface area contributed by atoms with E-state index in [0.717, 1.165) is 16.5 Å². The summed E-state index contributed by atoms with van der Waals surface area (Å²) in [6, 6.07) is 8.83. The maximum Gasteiger partial charge on any atom is 0.296 e. The highest BCUT2D eigenvalue weighted by Crippen LogP contribution is 2.36. The topological polar surface area (TPSA) is 90.7 Å². The largest absolute Gasteiger partial charge is 0.493 e. The van der Waals surface area contributed by atoms with E-state index in [1.54, 1.807) is 24.4 Å². The Morgan fingerprint density at radius 3 is 2.90 bits per heavy atom. The van der Waals surface area contributed by atoms with Crippen molar-refractivity contribution in [2.24, 2.45) is 10.2 Å². The highest BCUT2D eigenvalue weighted by Gasteiger charge is 2.12. The van der Waals surface area contributed by atoms with Crippen LogP contribution in [0, 0.1) is 6.92 Å². The summed E-state index contributed by atoms with van der Waals surface area (Å²) in [7, 11) is 0. The van der Waals surface area contributed by atoms with Crippen molar-refractivity contribution in [1.29, 1.82) is 0 Å². The predicted molar refractivity (Wildman–Crippen MR) is 77.8 cm³/mol. The second-order valence-corrected chi connectivity index (χ2v) is 4.57. The minimum Gasteiger partial charge on any atom is -0.493 e. The van der Waals surface area contributed by atoms with Crippen LogP contribution in [0.4, 0.5) is 5.69 Å². The molecule has 1 aromatic carbocycles. The van der Waals surface area contributed by atoms with Gasteiger partial charge in [-0.3, -0.25) is 9.78 Å². The highest BCUT2D eigenvalue weighted by molar-refractivity contribution is 5.97. The molecule has 2 aromatic heterocycles. The zero-order valence-electron chi connectivity index (χ0n) is 11.2. The summed E-state index contributed by atoms with van der Waals surface area (Å²) >= 11 is 0. The lowest BCUT2D eigenvalue weighted by Crippen LogP contribution is -1.93. The molecule has 0 aliphatic heterocycles. The number of carbonyl (C=O) groups excluding carboxylic acids is 1. The van der Waals surface area contributed by atoms with Crippen molar-refractivity contribution in [3.05, 3.63) is 53.9 Å². The second kappa shape index (κ2) is 5.16. The molecule has 21 heavy (non-hydrogen) atoms. The van der Waals surface area contributed by atoms with Gasteiger partial charge in [0, 0.05) is 17.8 Å². The van der Waals surface area contributed by atoms with Gasteiger partial charge in [0.15, 0.2) is 5.69 Å². The molecule has 2 N–H and O–H groups in total. The van der Waals surface area contributed by atoms with Crippen LogP contribution in [0.25, 0.3) is 10.9 Å². The highest BCUT2D eigenvalue weighted by atomic mass is 16.3. The third-order valence-electron chi connectivity index (χ3n) is 3.14. The number of aromatic hydroxyl groups is 1. The summed E-state index contributed by atoms with van der Waals surface area (Å²) in [4.78, 5) is 18.6. The number of amides is 1. The molecule has 0 fully saturated rings. The van der Waals surface area contributed by atoms with Crippen molar-refractivity contribution >= 4 is 22.5 Å². The summed E-state index contributed by atoms with van der Waals surface area (Å²) in [5, 5.41) is 18.1. The molecule has 0 atom stereocenters. The van der Waals surface area contributed by atoms with Gasteiger partial charge >= 0.3 is 0 Å².